The second-order valence-corrected chi connectivity index (χ2v) is 7.55. The smallest absolute Gasteiger partial charge is 0.331 e. The van der Waals surface area contributed by atoms with Gasteiger partial charge < -0.3 is 14.5 Å². The zero-order valence-corrected chi connectivity index (χ0v) is 15.3. The van der Waals surface area contributed by atoms with E-state index in [9.17, 15) is 9.59 Å². The maximum atomic E-state index is 12.8. The fourth-order valence-electron chi connectivity index (χ4n) is 3.30. The molecule has 0 spiro atoms. The maximum absolute atomic E-state index is 12.8. The van der Waals surface area contributed by atoms with Gasteiger partial charge in [0.1, 0.15) is 11.2 Å². The SMILES string of the molecule is COC(=O)C1(NC(=O)c2nc(-c3ccco3)sc2C)CCCCCC1. The van der Waals surface area contributed by atoms with Crippen LogP contribution in [0, 0.1) is 6.92 Å². The monoisotopic (exact) mass is 362 g/mol. The normalized spacial score (nSPS) is 16.9. The number of amides is 1. The van der Waals surface area contributed by atoms with Gasteiger partial charge in [-0.15, -0.1) is 11.3 Å². The van der Waals surface area contributed by atoms with Gasteiger partial charge in [-0.2, -0.15) is 0 Å². The van der Waals surface area contributed by atoms with E-state index in [1.54, 1.807) is 18.4 Å². The largest absolute Gasteiger partial charge is 0.467 e. The third-order valence-electron chi connectivity index (χ3n) is 4.63. The van der Waals surface area contributed by atoms with Crippen molar-refractivity contribution in [2.24, 2.45) is 0 Å². The first-order chi connectivity index (χ1) is 12.1. The second kappa shape index (κ2) is 7.39. The van der Waals surface area contributed by atoms with Crippen LogP contribution < -0.4 is 5.32 Å². The van der Waals surface area contributed by atoms with Gasteiger partial charge in [0.15, 0.2) is 10.8 Å². The van der Waals surface area contributed by atoms with E-state index in [0.29, 0.717) is 29.3 Å². The Kier molecular flexibility index (Phi) is 5.22. The average Bonchev–Trinajstić information content (AvgIpc) is 3.20. The van der Waals surface area contributed by atoms with Crippen LogP contribution in [0.5, 0.6) is 0 Å². The standard InChI is InChI=1S/C18H22N2O4S/c1-12-14(19-16(25-12)13-8-7-11-24-13)15(21)20-18(17(22)23-2)9-5-3-4-6-10-18/h7-8,11H,3-6,9-10H2,1-2H3,(H,20,21). The van der Waals surface area contributed by atoms with Crippen molar-refractivity contribution < 1.29 is 18.7 Å². The Hall–Kier alpha value is -2.15. The number of aromatic nitrogens is 1. The summed E-state index contributed by atoms with van der Waals surface area (Å²) in [5, 5.41) is 3.59. The van der Waals surface area contributed by atoms with Gasteiger partial charge in [-0.1, -0.05) is 25.7 Å². The number of rotatable bonds is 4. The highest BCUT2D eigenvalue weighted by atomic mass is 32.1. The topological polar surface area (TPSA) is 81.4 Å². The highest BCUT2D eigenvalue weighted by Gasteiger charge is 2.41. The van der Waals surface area contributed by atoms with Crippen LogP contribution in [0.2, 0.25) is 0 Å². The highest BCUT2D eigenvalue weighted by Crippen LogP contribution is 2.31. The van der Waals surface area contributed by atoms with E-state index in [-0.39, 0.29) is 11.9 Å². The summed E-state index contributed by atoms with van der Waals surface area (Å²) in [6.45, 7) is 1.84. The molecule has 6 nitrogen and oxygen atoms in total. The lowest BCUT2D eigenvalue weighted by Gasteiger charge is -2.30. The number of carbonyl (C=O) groups is 2. The minimum atomic E-state index is -0.955. The molecule has 7 heteroatoms. The van der Waals surface area contributed by atoms with Crippen molar-refractivity contribution in [2.45, 2.75) is 51.0 Å². The van der Waals surface area contributed by atoms with Crippen LogP contribution in [-0.4, -0.2) is 29.5 Å². The number of furan rings is 1. The number of nitrogens with zero attached hydrogens (tertiary/aromatic N) is 1. The summed E-state index contributed by atoms with van der Waals surface area (Å²) in [4.78, 5) is 30.5. The number of methoxy groups -OCH3 is 1. The van der Waals surface area contributed by atoms with Gasteiger partial charge in [0, 0.05) is 4.88 Å². The molecule has 0 atom stereocenters. The molecule has 0 bridgehead atoms. The molecule has 0 saturated heterocycles. The lowest BCUT2D eigenvalue weighted by molar-refractivity contribution is -0.148. The first kappa shape index (κ1) is 17.7. The molecule has 0 radical (unpaired) electrons. The van der Waals surface area contributed by atoms with E-state index in [4.69, 9.17) is 9.15 Å². The molecule has 1 amide bonds. The number of carbonyl (C=O) groups excluding carboxylic acids is 2. The fraction of sp³-hybridized carbons (Fsp3) is 0.500. The summed E-state index contributed by atoms with van der Waals surface area (Å²) in [5.41, 5.74) is -0.618. The molecule has 2 aromatic rings. The summed E-state index contributed by atoms with van der Waals surface area (Å²) in [5.74, 6) is -0.0787. The van der Waals surface area contributed by atoms with Crippen molar-refractivity contribution in [3.63, 3.8) is 0 Å². The van der Waals surface area contributed by atoms with Gasteiger partial charge in [0.05, 0.1) is 13.4 Å². The second-order valence-electron chi connectivity index (χ2n) is 6.34. The van der Waals surface area contributed by atoms with Gasteiger partial charge in [0.2, 0.25) is 0 Å². The molecule has 0 unspecified atom stereocenters. The average molecular weight is 362 g/mol. The van der Waals surface area contributed by atoms with Crippen molar-refractivity contribution in [3.05, 3.63) is 29.0 Å². The molecule has 25 heavy (non-hydrogen) atoms. The minimum absolute atomic E-state index is 0.334. The Balaban J connectivity index is 1.85. The van der Waals surface area contributed by atoms with E-state index in [0.717, 1.165) is 30.6 Å². The molecule has 1 aliphatic rings. The lowest BCUT2D eigenvalue weighted by atomic mass is 9.90. The predicted octanol–water partition coefficient (Wildman–Crippen LogP) is 3.71. The van der Waals surface area contributed by atoms with Gasteiger partial charge in [-0.05, 0) is 31.9 Å². The predicted molar refractivity (Wildman–Crippen MR) is 94.5 cm³/mol. The molecule has 134 valence electrons. The number of ether oxygens (including phenoxy) is 1. The van der Waals surface area contributed by atoms with Crippen LogP contribution in [0.25, 0.3) is 10.8 Å². The summed E-state index contributed by atoms with van der Waals surface area (Å²) >= 11 is 1.40. The first-order valence-corrected chi connectivity index (χ1v) is 9.29. The van der Waals surface area contributed by atoms with Crippen LogP contribution >= 0.6 is 11.3 Å². The van der Waals surface area contributed by atoms with Crippen LogP contribution in [0.15, 0.2) is 22.8 Å². The van der Waals surface area contributed by atoms with Gasteiger partial charge in [0.25, 0.3) is 5.91 Å². The summed E-state index contributed by atoms with van der Waals surface area (Å²) in [6.07, 6.45) is 6.68. The molecule has 1 aliphatic carbocycles. The Labute approximate surface area is 150 Å². The van der Waals surface area contributed by atoms with Crippen molar-refractivity contribution in [1.29, 1.82) is 0 Å². The Bertz CT molecular complexity index is 743. The summed E-state index contributed by atoms with van der Waals surface area (Å²) in [6, 6.07) is 3.59. The van der Waals surface area contributed by atoms with Crippen LogP contribution in [0.3, 0.4) is 0 Å². The van der Waals surface area contributed by atoms with Crippen LogP contribution in [-0.2, 0) is 9.53 Å². The quantitative estimate of drug-likeness (QED) is 0.662. The van der Waals surface area contributed by atoms with E-state index in [2.05, 4.69) is 10.3 Å². The van der Waals surface area contributed by atoms with Crippen molar-refractivity contribution in [1.82, 2.24) is 10.3 Å². The number of hydrogen-bond acceptors (Lipinski definition) is 6. The first-order valence-electron chi connectivity index (χ1n) is 8.48. The molecular formula is C18H22N2O4S. The summed E-state index contributed by atoms with van der Waals surface area (Å²) < 4.78 is 10.3. The molecular weight excluding hydrogens is 340 g/mol. The van der Waals surface area contributed by atoms with Crippen LogP contribution in [0.1, 0.15) is 53.9 Å². The zero-order chi connectivity index (χ0) is 17.9. The Morgan fingerprint density at radius 2 is 2.00 bits per heavy atom. The van der Waals surface area contributed by atoms with Gasteiger partial charge >= 0.3 is 5.97 Å². The Morgan fingerprint density at radius 1 is 1.28 bits per heavy atom. The molecule has 0 aromatic carbocycles. The van der Waals surface area contributed by atoms with Crippen LogP contribution in [0.4, 0.5) is 0 Å². The molecule has 1 fully saturated rings. The number of esters is 1. The third-order valence-corrected chi connectivity index (χ3v) is 5.62. The fourth-order valence-corrected chi connectivity index (χ4v) is 4.18. The lowest BCUT2D eigenvalue weighted by Crippen LogP contribution is -2.55. The number of aryl methyl sites for hydroxylation is 1. The Morgan fingerprint density at radius 3 is 2.60 bits per heavy atom. The summed E-state index contributed by atoms with van der Waals surface area (Å²) in [7, 11) is 1.37. The van der Waals surface area contributed by atoms with E-state index in [1.807, 2.05) is 6.92 Å². The number of nitrogens with one attached hydrogen (secondary N) is 1. The van der Waals surface area contributed by atoms with Crippen molar-refractivity contribution in [3.8, 4) is 10.8 Å². The zero-order valence-electron chi connectivity index (χ0n) is 14.5. The molecule has 1 N–H and O–H groups in total. The number of hydrogen-bond donors (Lipinski definition) is 1. The molecule has 2 heterocycles. The van der Waals surface area contributed by atoms with E-state index >= 15 is 0 Å². The molecule has 2 aromatic heterocycles. The molecule has 0 aliphatic heterocycles. The highest BCUT2D eigenvalue weighted by molar-refractivity contribution is 7.15. The maximum Gasteiger partial charge on any atom is 0.331 e. The molecule has 3 rings (SSSR count). The van der Waals surface area contributed by atoms with E-state index < -0.39 is 5.54 Å². The third kappa shape index (κ3) is 3.61. The minimum Gasteiger partial charge on any atom is -0.467 e. The van der Waals surface area contributed by atoms with E-state index in [1.165, 1.54) is 18.4 Å². The van der Waals surface area contributed by atoms with Gasteiger partial charge in [-0.3, -0.25) is 4.79 Å². The number of thiazole rings is 1. The van der Waals surface area contributed by atoms with Crippen molar-refractivity contribution in [2.75, 3.05) is 7.11 Å². The molecule has 1 saturated carbocycles. The van der Waals surface area contributed by atoms with Crippen molar-refractivity contribution >= 4 is 23.2 Å². The van der Waals surface area contributed by atoms with Gasteiger partial charge in [-0.25, -0.2) is 9.78 Å².